The molecule has 0 bridgehead atoms. The Labute approximate surface area is 124 Å². The summed E-state index contributed by atoms with van der Waals surface area (Å²) in [7, 11) is 0. The van der Waals surface area contributed by atoms with E-state index >= 15 is 0 Å². The van der Waals surface area contributed by atoms with Crippen molar-refractivity contribution in [2.45, 2.75) is 52.5 Å². The molecule has 0 spiro atoms. The van der Waals surface area contributed by atoms with Crippen LogP contribution in [0.15, 0.2) is 17.6 Å². The summed E-state index contributed by atoms with van der Waals surface area (Å²) in [5.74, 6) is 0.895. The molecule has 0 saturated carbocycles. The summed E-state index contributed by atoms with van der Waals surface area (Å²) in [6.45, 7) is 11.7. The SMILES string of the molecule is C=CCN=C(NCC)NC(C)CCCCC.I. The van der Waals surface area contributed by atoms with Crippen LogP contribution in [-0.2, 0) is 0 Å². The van der Waals surface area contributed by atoms with E-state index in [-0.39, 0.29) is 24.0 Å². The first-order chi connectivity index (χ1) is 7.74. The van der Waals surface area contributed by atoms with Gasteiger partial charge in [-0.05, 0) is 20.3 Å². The third kappa shape index (κ3) is 12.0. The predicted molar refractivity (Wildman–Crippen MR) is 88.3 cm³/mol. The summed E-state index contributed by atoms with van der Waals surface area (Å²) < 4.78 is 0. The molecule has 102 valence electrons. The number of hydrogen-bond donors (Lipinski definition) is 2. The number of rotatable bonds is 8. The van der Waals surface area contributed by atoms with Crippen LogP contribution in [0.2, 0.25) is 0 Å². The lowest BCUT2D eigenvalue weighted by atomic mass is 10.1. The summed E-state index contributed by atoms with van der Waals surface area (Å²) >= 11 is 0. The van der Waals surface area contributed by atoms with Gasteiger partial charge in [0.25, 0.3) is 0 Å². The van der Waals surface area contributed by atoms with E-state index in [1.54, 1.807) is 6.08 Å². The number of halogens is 1. The quantitative estimate of drug-likeness (QED) is 0.231. The largest absolute Gasteiger partial charge is 0.357 e. The number of nitrogens with one attached hydrogen (secondary N) is 2. The second-order valence-electron chi connectivity index (χ2n) is 4.05. The highest BCUT2D eigenvalue weighted by molar-refractivity contribution is 14.0. The summed E-state index contributed by atoms with van der Waals surface area (Å²) in [5.41, 5.74) is 0. The lowest BCUT2D eigenvalue weighted by Crippen LogP contribution is -2.42. The van der Waals surface area contributed by atoms with Crippen LogP contribution in [0.25, 0.3) is 0 Å². The van der Waals surface area contributed by atoms with Crippen molar-refractivity contribution in [2.75, 3.05) is 13.1 Å². The molecule has 0 radical (unpaired) electrons. The minimum absolute atomic E-state index is 0. The number of aliphatic imine (C=N–C) groups is 1. The van der Waals surface area contributed by atoms with Gasteiger partial charge in [-0.25, -0.2) is 4.99 Å². The van der Waals surface area contributed by atoms with Crippen molar-refractivity contribution in [1.82, 2.24) is 10.6 Å². The molecule has 0 aliphatic rings. The summed E-state index contributed by atoms with van der Waals surface area (Å²) in [6.07, 6.45) is 6.88. The van der Waals surface area contributed by atoms with Crippen LogP contribution < -0.4 is 10.6 Å². The van der Waals surface area contributed by atoms with Crippen LogP contribution >= 0.6 is 24.0 Å². The van der Waals surface area contributed by atoms with Crippen LogP contribution in [-0.4, -0.2) is 25.1 Å². The van der Waals surface area contributed by atoms with Gasteiger partial charge >= 0.3 is 0 Å². The van der Waals surface area contributed by atoms with Crippen LogP contribution in [0.4, 0.5) is 0 Å². The van der Waals surface area contributed by atoms with Gasteiger partial charge < -0.3 is 10.6 Å². The second kappa shape index (κ2) is 13.8. The fourth-order valence-electron chi connectivity index (χ4n) is 1.48. The zero-order valence-corrected chi connectivity index (χ0v) is 13.8. The van der Waals surface area contributed by atoms with E-state index in [1.165, 1.54) is 25.7 Å². The Morgan fingerprint density at radius 3 is 2.59 bits per heavy atom. The molecule has 0 aliphatic carbocycles. The highest BCUT2D eigenvalue weighted by Gasteiger charge is 2.03. The van der Waals surface area contributed by atoms with Gasteiger partial charge in [-0.15, -0.1) is 30.6 Å². The second-order valence-corrected chi connectivity index (χ2v) is 4.05. The molecule has 4 heteroatoms. The molecule has 0 rings (SSSR count). The molecule has 0 aromatic heterocycles. The van der Waals surface area contributed by atoms with E-state index in [2.05, 4.69) is 43.0 Å². The van der Waals surface area contributed by atoms with E-state index in [0.717, 1.165) is 12.5 Å². The molecular weight excluding hydrogens is 325 g/mol. The molecule has 0 aromatic carbocycles. The van der Waals surface area contributed by atoms with E-state index < -0.39 is 0 Å². The van der Waals surface area contributed by atoms with Crippen molar-refractivity contribution < 1.29 is 0 Å². The Balaban J connectivity index is 0. The smallest absolute Gasteiger partial charge is 0.191 e. The van der Waals surface area contributed by atoms with Crippen LogP contribution in [0, 0.1) is 0 Å². The van der Waals surface area contributed by atoms with Crippen molar-refractivity contribution in [3.8, 4) is 0 Å². The van der Waals surface area contributed by atoms with Crippen molar-refractivity contribution >= 4 is 29.9 Å². The molecule has 0 heterocycles. The number of hydrogen-bond acceptors (Lipinski definition) is 1. The third-order valence-corrected chi connectivity index (χ3v) is 2.35. The predicted octanol–water partition coefficient (Wildman–Crippen LogP) is 3.31. The van der Waals surface area contributed by atoms with Crippen molar-refractivity contribution in [3.63, 3.8) is 0 Å². The molecule has 0 aliphatic heterocycles. The zero-order chi connectivity index (χ0) is 12.2. The first-order valence-electron chi connectivity index (χ1n) is 6.40. The normalized spacial score (nSPS) is 12.5. The van der Waals surface area contributed by atoms with Gasteiger partial charge in [0.1, 0.15) is 0 Å². The maximum atomic E-state index is 4.38. The van der Waals surface area contributed by atoms with Crippen molar-refractivity contribution in [3.05, 3.63) is 12.7 Å². The van der Waals surface area contributed by atoms with Gasteiger partial charge in [0.05, 0.1) is 6.54 Å². The molecule has 3 nitrogen and oxygen atoms in total. The maximum Gasteiger partial charge on any atom is 0.191 e. The summed E-state index contributed by atoms with van der Waals surface area (Å²) in [4.78, 5) is 4.38. The average Bonchev–Trinajstić information content (AvgIpc) is 2.26. The molecule has 0 aromatic rings. The number of unbranched alkanes of at least 4 members (excludes halogenated alkanes) is 2. The molecule has 17 heavy (non-hydrogen) atoms. The highest BCUT2D eigenvalue weighted by atomic mass is 127. The van der Waals surface area contributed by atoms with Crippen LogP contribution in [0.1, 0.15) is 46.5 Å². The first-order valence-corrected chi connectivity index (χ1v) is 6.40. The number of nitrogens with zero attached hydrogens (tertiary/aromatic N) is 1. The fraction of sp³-hybridized carbons (Fsp3) is 0.769. The molecule has 0 amide bonds. The Morgan fingerprint density at radius 1 is 1.35 bits per heavy atom. The topological polar surface area (TPSA) is 36.4 Å². The van der Waals surface area contributed by atoms with Gasteiger partial charge in [0.15, 0.2) is 5.96 Å². The monoisotopic (exact) mass is 353 g/mol. The van der Waals surface area contributed by atoms with Crippen molar-refractivity contribution in [1.29, 1.82) is 0 Å². The highest BCUT2D eigenvalue weighted by Crippen LogP contribution is 2.02. The first kappa shape index (κ1) is 19.1. The van der Waals surface area contributed by atoms with Gasteiger partial charge in [0, 0.05) is 12.6 Å². The number of guanidine groups is 1. The van der Waals surface area contributed by atoms with Gasteiger partial charge in [-0.3, -0.25) is 0 Å². The Morgan fingerprint density at radius 2 is 2.06 bits per heavy atom. The third-order valence-electron chi connectivity index (χ3n) is 2.35. The molecule has 0 saturated heterocycles. The minimum atomic E-state index is 0. The Hall–Kier alpha value is -0.260. The standard InChI is InChI=1S/C13H27N3.HI/c1-5-8-9-10-12(4)16-13(14-7-3)15-11-6-2;/h6,12H,2,5,7-11H2,1,3-4H3,(H2,14,15,16);1H. The molecule has 2 N–H and O–H groups in total. The fourth-order valence-corrected chi connectivity index (χ4v) is 1.48. The van der Waals surface area contributed by atoms with Gasteiger partial charge in [-0.1, -0.05) is 32.3 Å². The van der Waals surface area contributed by atoms with Gasteiger partial charge in [0.2, 0.25) is 0 Å². The molecule has 1 unspecified atom stereocenters. The molecular formula is C13H28IN3. The molecule has 0 fully saturated rings. The summed E-state index contributed by atoms with van der Waals surface area (Å²) in [6, 6.07) is 0.481. The van der Waals surface area contributed by atoms with E-state index in [4.69, 9.17) is 0 Å². The van der Waals surface area contributed by atoms with Crippen LogP contribution in [0.3, 0.4) is 0 Å². The van der Waals surface area contributed by atoms with Crippen LogP contribution in [0.5, 0.6) is 0 Å². The van der Waals surface area contributed by atoms with E-state index in [9.17, 15) is 0 Å². The Bertz CT molecular complexity index is 205. The molecule has 1 atom stereocenters. The Kier molecular flexibility index (Phi) is 15.5. The summed E-state index contributed by atoms with van der Waals surface area (Å²) in [5, 5.41) is 6.63. The average molecular weight is 353 g/mol. The lowest BCUT2D eigenvalue weighted by Gasteiger charge is -2.17. The maximum absolute atomic E-state index is 4.38. The van der Waals surface area contributed by atoms with Gasteiger partial charge in [-0.2, -0.15) is 0 Å². The van der Waals surface area contributed by atoms with Crippen molar-refractivity contribution in [2.24, 2.45) is 4.99 Å². The lowest BCUT2D eigenvalue weighted by molar-refractivity contribution is 0.547. The zero-order valence-electron chi connectivity index (χ0n) is 11.5. The minimum Gasteiger partial charge on any atom is -0.357 e. The van der Waals surface area contributed by atoms with E-state index in [1.807, 2.05) is 0 Å². The van der Waals surface area contributed by atoms with E-state index in [0.29, 0.717) is 12.6 Å².